The first-order chi connectivity index (χ1) is 6.72. The molecule has 0 aliphatic heterocycles. The second-order valence-corrected chi connectivity index (χ2v) is 4.02. The van der Waals surface area contributed by atoms with E-state index in [0.29, 0.717) is 12.8 Å². The fourth-order valence-electron chi connectivity index (χ4n) is 1.11. The molecule has 1 aromatic heterocycles. The topological polar surface area (TPSA) is 65.2 Å². The van der Waals surface area contributed by atoms with Crippen molar-refractivity contribution < 1.29 is 9.53 Å². The van der Waals surface area contributed by atoms with Crippen molar-refractivity contribution in [2.24, 2.45) is 5.73 Å². The van der Waals surface area contributed by atoms with E-state index in [9.17, 15) is 4.79 Å². The van der Waals surface area contributed by atoms with Crippen molar-refractivity contribution in [3.63, 3.8) is 0 Å². The molecule has 2 N–H and O–H groups in total. The van der Waals surface area contributed by atoms with Crippen molar-refractivity contribution >= 4 is 17.3 Å². The molecule has 0 spiro atoms. The first-order valence-electron chi connectivity index (χ1n) is 4.42. The third-order valence-electron chi connectivity index (χ3n) is 1.89. The molecule has 1 rings (SSSR count). The molecular weight excluding hydrogens is 200 g/mol. The molecule has 1 atom stereocenters. The number of hydrogen-bond donors (Lipinski definition) is 1. The zero-order valence-corrected chi connectivity index (χ0v) is 8.92. The molecule has 1 heterocycles. The highest BCUT2D eigenvalue weighted by Gasteiger charge is 2.08. The molecule has 0 aliphatic carbocycles. The highest BCUT2D eigenvalue weighted by molar-refractivity contribution is 7.09. The Morgan fingerprint density at radius 3 is 3.14 bits per heavy atom. The average Bonchev–Trinajstić information content (AvgIpc) is 2.66. The molecule has 0 amide bonds. The van der Waals surface area contributed by atoms with Gasteiger partial charge in [0.05, 0.1) is 12.6 Å². The van der Waals surface area contributed by atoms with E-state index in [1.165, 1.54) is 7.11 Å². The molecular formula is C9H14N2O2S. The van der Waals surface area contributed by atoms with Gasteiger partial charge in [0.15, 0.2) is 0 Å². The number of rotatable bonds is 5. The second-order valence-electron chi connectivity index (χ2n) is 3.05. The van der Waals surface area contributed by atoms with Gasteiger partial charge in [0.2, 0.25) is 0 Å². The molecule has 4 nitrogen and oxygen atoms in total. The van der Waals surface area contributed by atoms with Crippen LogP contribution >= 0.6 is 11.3 Å². The Kier molecular flexibility index (Phi) is 4.55. The smallest absolute Gasteiger partial charge is 0.305 e. The summed E-state index contributed by atoms with van der Waals surface area (Å²) in [6.07, 6.45) is 3.63. The normalized spacial score (nSPS) is 12.4. The van der Waals surface area contributed by atoms with Gasteiger partial charge in [-0.05, 0) is 12.8 Å². The third-order valence-corrected chi connectivity index (χ3v) is 2.70. The standard InChI is InChI=1S/C9H14N2O2S/c1-13-9(12)3-2-7(10)4-8-5-11-6-14-8/h5-7H,2-4,10H2,1H3. The zero-order chi connectivity index (χ0) is 10.4. The molecule has 0 fully saturated rings. The van der Waals surface area contributed by atoms with Crippen LogP contribution in [0.5, 0.6) is 0 Å². The second kappa shape index (κ2) is 5.72. The Labute approximate surface area is 87.1 Å². The quantitative estimate of drug-likeness (QED) is 0.742. The maximum atomic E-state index is 10.8. The van der Waals surface area contributed by atoms with E-state index in [4.69, 9.17) is 5.73 Å². The van der Waals surface area contributed by atoms with Crippen molar-refractivity contribution in [2.75, 3.05) is 7.11 Å². The largest absolute Gasteiger partial charge is 0.469 e. The summed E-state index contributed by atoms with van der Waals surface area (Å²) in [6.45, 7) is 0. The lowest BCUT2D eigenvalue weighted by Gasteiger charge is -2.08. The highest BCUT2D eigenvalue weighted by Crippen LogP contribution is 2.10. The summed E-state index contributed by atoms with van der Waals surface area (Å²) in [6, 6.07) is 0.00884. The van der Waals surface area contributed by atoms with Crippen LogP contribution in [0.1, 0.15) is 17.7 Å². The lowest BCUT2D eigenvalue weighted by Crippen LogP contribution is -2.23. The van der Waals surface area contributed by atoms with Crippen LogP contribution in [0.15, 0.2) is 11.7 Å². The SMILES string of the molecule is COC(=O)CCC(N)Cc1cncs1. The van der Waals surface area contributed by atoms with Crippen molar-refractivity contribution in [2.45, 2.75) is 25.3 Å². The number of esters is 1. The number of carbonyl (C=O) groups is 1. The number of carbonyl (C=O) groups excluding carboxylic acids is 1. The van der Waals surface area contributed by atoms with Crippen molar-refractivity contribution in [3.05, 3.63) is 16.6 Å². The Hall–Kier alpha value is -0.940. The van der Waals surface area contributed by atoms with Crippen LogP contribution in [-0.2, 0) is 16.0 Å². The maximum absolute atomic E-state index is 10.8. The first-order valence-corrected chi connectivity index (χ1v) is 5.30. The molecule has 1 aromatic rings. The number of nitrogens with zero attached hydrogens (tertiary/aromatic N) is 1. The Bertz CT molecular complexity index is 274. The molecule has 0 aromatic carbocycles. The molecule has 1 unspecified atom stereocenters. The van der Waals surface area contributed by atoms with Crippen molar-refractivity contribution in [1.29, 1.82) is 0 Å². The fraction of sp³-hybridized carbons (Fsp3) is 0.556. The van der Waals surface area contributed by atoms with E-state index < -0.39 is 0 Å². The van der Waals surface area contributed by atoms with E-state index in [1.807, 2.05) is 6.20 Å². The molecule has 0 saturated heterocycles. The van der Waals surface area contributed by atoms with Gasteiger partial charge in [0.1, 0.15) is 0 Å². The van der Waals surface area contributed by atoms with Gasteiger partial charge in [-0.1, -0.05) is 0 Å². The summed E-state index contributed by atoms with van der Waals surface area (Å²) in [4.78, 5) is 15.9. The minimum Gasteiger partial charge on any atom is -0.469 e. The molecule has 0 bridgehead atoms. The Morgan fingerprint density at radius 2 is 2.57 bits per heavy atom. The Balaban J connectivity index is 2.22. The van der Waals surface area contributed by atoms with Gasteiger partial charge in [-0.15, -0.1) is 11.3 Å². The van der Waals surface area contributed by atoms with Gasteiger partial charge in [-0.2, -0.15) is 0 Å². The van der Waals surface area contributed by atoms with Gasteiger partial charge < -0.3 is 10.5 Å². The van der Waals surface area contributed by atoms with Gasteiger partial charge >= 0.3 is 5.97 Å². The van der Waals surface area contributed by atoms with Crippen molar-refractivity contribution in [1.82, 2.24) is 4.98 Å². The van der Waals surface area contributed by atoms with E-state index in [0.717, 1.165) is 11.3 Å². The minimum absolute atomic E-state index is 0.00884. The van der Waals surface area contributed by atoms with Crippen LogP contribution in [0.2, 0.25) is 0 Å². The van der Waals surface area contributed by atoms with Crippen LogP contribution in [-0.4, -0.2) is 24.1 Å². The van der Waals surface area contributed by atoms with Crippen LogP contribution in [0.4, 0.5) is 0 Å². The maximum Gasteiger partial charge on any atom is 0.305 e. The summed E-state index contributed by atoms with van der Waals surface area (Å²) >= 11 is 1.58. The number of methoxy groups -OCH3 is 1. The predicted octanol–water partition coefficient (Wildman–Crippen LogP) is 0.966. The van der Waals surface area contributed by atoms with Gasteiger partial charge in [-0.25, -0.2) is 0 Å². The van der Waals surface area contributed by atoms with E-state index in [1.54, 1.807) is 16.8 Å². The Morgan fingerprint density at radius 1 is 1.79 bits per heavy atom. The predicted molar refractivity (Wildman–Crippen MR) is 55.0 cm³/mol. The number of hydrogen-bond acceptors (Lipinski definition) is 5. The average molecular weight is 214 g/mol. The number of thiazole rings is 1. The summed E-state index contributed by atoms with van der Waals surface area (Å²) in [5, 5.41) is 0. The van der Waals surface area contributed by atoms with Crippen LogP contribution in [0, 0.1) is 0 Å². The van der Waals surface area contributed by atoms with Crippen LogP contribution < -0.4 is 5.73 Å². The molecule has 5 heteroatoms. The monoisotopic (exact) mass is 214 g/mol. The van der Waals surface area contributed by atoms with Gasteiger partial charge in [0.25, 0.3) is 0 Å². The summed E-state index contributed by atoms with van der Waals surface area (Å²) in [5.74, 6) is -0.204. The molecule has 0 saturated carbocycles. The number of nitrogens with two attached hydrogens (primary N) is 1. The number of ether oxygens (including phenoxy) is 1. The van der Waals surface area contributed by atoms with Crippen molar-refractivity contribution in [3.8, 4) is 0 Å². The van der Waals surface area contributed by atoms with Gasteiger partial charge in [-0.3, -0.25) is 9.78 Å². The van der Waals surface area contributed by atoms with E-state index in [2.05, 4.69) is 9.72 Å². The summed E-state index contributed by atoms with van der Waals surface area (Å²) in [5.41, 5.74) is 7.62. The molecule has 0 radical (unpaired) electrons. The lowest BCUT2D eigenvalue weighted by atomic mass is 10.1. The van der Waals surface area contributed by atoms with Crippen LogP contribution in [0.3, 0.4) is 0 Å². The lowest BCUT2D eigenvalue weighted by molar-refractivity contribution is -0.140. The van der Waals surface area contributed by atoms with Gasteiger partial charge in [0, 0.05) is 23.5 Å². The fourth-order valence-corrected chi connectivity index (χ4v) is 1.80. The van der Waals surface area contributed by atoms with Crippen LogP contribution in [0.25, 0.3) is 0 Å². The number of aromatic nitrogens is 1. The molecule has 0 aliphatic rings. The minimum atomic E-state index is -0.204. The summed E-state index contributed by atoms with van der Waals surface area (Å²) < 4.78 is 4.53. The summed E-state index contributed by atoms with van der Waals surface area (Å²) in [7, 11) is 1.39. The highest BCUT2D eigenvalue weighted by atomic mass is 32.1. The molecule has 14 heavy (non-hydrogen) atoms. The third kappa shape index (κ3) is 3.85. The molecule has 78 valence electrons. The van der Waals surface area contributed by atoms with E-state index >= 15 is 0 Å². The first kappa shape index (κ1) is 11.1. The van der Waals surface area contributed by atoms with E-state index in [-0.39, 0.29) is 12.0 Å². The zero-order valence-electron chi connectivity index (χ0n) is 8.10.